The molecular weight excluding hydrogens is 837 g/mol. The number of hydrogen-bond acceptors (Lipinski definition) is 17. The Balaban J connectivity index is 0.000000205. The van der Waals surface area contributed by atoms with Gasteiger partial charge in [0, 0.05) is 55.2 Å². The molecule has 3 N–H and O–H groups in total. The number of hydrogen-bond donors (Lipinski definition) is 3. The summed E-state index contributed by atoms with van der Waals surface area (Å²) in [5.74, 6) is 2.43. The fourth-order valence-corrected chi connectivity index (χ4v) is 9.05. The molecule has 1 unspecified atom stereocenters. The highest BCUT2D eigenvalue weighted by molar-refractivity contribution is 8.00. The van der Waals surface area contributed by atoms with Crippen molar-refractivity contribution in [3.8, 4) is 11.9 Å². The minimum atomic E-state index is -1.65. The number of rotatable bonds is 10. The third-order valence-electron chi connectivity index (χ3n) is 7.04. The van der Waals surface area contributed by atoms with E-state index < -0.39 is 39.8 Å². The van der Waals surface area contributed by atoms with Gasteiger partial charge in [0.05, 0.1) is 12.4 Å². The second-order valence-electron chi connectivity index (χ2n) is 14.3. The number of carbonyl (C=O) groups excluding carboxylic acids is 1. The van der Waals surface area contributed by atoms with Crippen LogP contribution in [-0.4, -0.2) is 103 Å². The Morgan fingerprint density at radius 2 is 1.28 bits per heavy atom. The molecule has 318 valence electrons. The maximum absolute atomic E-state index is 11.4. The molecule has 0 saturated carbocycles. The summed E-state index contributed by atoms with van der Waals surface area (Å²) < 4.78 is 35.4. The summed E-state index contributed by atoms with van der Waals surface area (Å²) in [5, 5.41) is 8.85. The van der Waals surface area contributed by atoms with Crippen LogP contribution in [0.25, 0.3) is 0 Å². The van der Waals surface area contributed by atoms with Gasteiger partial charge in [0.15, 0.2) is 0 Å². The van der Waals surface area contributed by atoms with Crippen molar-refractivity contribution in [1.82, 2.24) is 29.1 Å². The van der Waals surface area contributed by atoms with Gasteiger partial charge in [0.25, 0.3) is 11.1 Å². The van der Waals surface area contributed by atoms with Crippen molar-refractivity contribution in [2.45, 2.75) is 108 Å². The molecule has 0 radical (unpaired) electrons. The summed E-state index contributed by atoms with van der Waals surface area (Å²) in [6.45, 7) is 18.1. The first kappa shape index (κ1) is 48.2. The van der Waals surface area contributed by atoms with Crippen molar-refractivity contribution in [2.75, 3.05) is 23.9 Å². The maximum Gasteiger partial charge on any atom is 0.330 e. The molecule has 3 fully saturated rings. The van der Waals surface area contributed by atoms with Gasteiger partial charge >= 0.3 is 23.4 Å². The van der Waals surface area contributed by atoms with E-state index >= 15 is 0 Å². The SMILES string of the molecule is CC[C@H]1OC(OC(C)=O)CS1.CC[C@H]1O[C@@H](n2ccc(=O)[nH]c2=O)CS1.C[Si](C)(C)Oc1ccnc(O[Si](C)(C)C)n1.O=c1ccn([C@H]2CS[C@@H](CO)O2)c(=O)[nH]1. The lowest BCUT2D eigenvalue weighted by Gasteiger charge is -2.20. The summed E-state index contributed by atoms with van der Waals surface area (Å²) >= 11 is 4.81. The van der Waals surface area contributed by atoms with Gasteiger partial charge in [-0.3, -0.25) is 33.5 Å². The predicted molar refractivity (Wildman–Crippen MR) is 226 cm³/mol. The Morgan fingerprint density at radius 3 is 1.70 bits per heavy atom. The Hall–Kier alpha value is -3.17. The van der Waals surface area contributed by atoms with Gasteiger partial charge < -0.3 is 32.9 Å². The summed E-state index contributed by atoms with van der Waals surface area (Å²) in [7, 11) is -3.26. The molecule has 18 nitrogen and oxygen atoms in total. The first-order valence-corrected chi connectivity index (χ1v) is 28.2. The molecule has 0 aromatic carbocycles. The fraction of sp³-hybridized carbons (Fsp3) is 0.618. The van der Waals surface area contributed by atoms with Crippen LogP contribution < -0.4 is 31.4 Å². The van der Waals surface area contributed by atoms with Gasteiger partial charge in [0.1, 0.15) is 28.8 Å². The predicted octanol–water partition coefficient (Wildman–Crippen LogP) is 3.93. The zero-order valence-corrected chi connectivity index (χ0v) is 38.1. The lowest BCUT2D eigenvalue weighted by Crippen LogP contribution is -2.32. The minimum Gasteiger partial charge on any atom is -0.531 e. The summed E-state index contributed by atoms with van der Waals surface area (Å²) in [6, 6.07) is 4.79. The summed E-state index contributed by atoms with van der Waals surface area (Å²) in [5.41, 5.74) is -1.66. The second kappa shape index (κ2) is 22.8. The number of ether oxygens (including phenoxy) is 4. The smallest absolute Gasteiger partial charge is 0.330 e. The normalized spacial score (nSPS) is 22.8. The largest absolute Gasteiger partial charge is 0.531 e. The third kappa shape index (κ3) is 17.7. The lowest BCUT2D eigenvalue weighted by molar-refractivity contribution is -0.170. The van der Waals surface area contributed by atoms with Crippen molar-refractivity contribution < 1.29 is 37.7 Å². The number of aliphatic hydroxyl groups is 1. The lowest BCUT2D eigenvalue weighted by atomic mass is 10.5. The van der Waals surface area contributed by atoms with Crippen LogP contribution in [0.4, 0.5) is 0 Å². The van der Waals surface area contributed by atoms with Crippen LogP contribution in [0.1, 0.15) is 46.1 Å². The molecule has 23 heteroatoms. The van der Waals surface area contributed by atoms with Crippen molar-refractivity contribution in [3.63, 3.8) is 0 Å². The molecular formula is C34H54N6O12S3Si2. The van der Waals surface area contributed by atoms with E-state index in [2.05, 4.69) is 59.2 Å². The van der Waals surface area contributed by atoms with Crippen LogP contribution in [-0.2, 0) is 23.7 Å². The van der Waals surface area contributed by atoms with E-state index in [4.69, 9.17) is 32.9 Å². The van der Waals surface area contributed by atoms with Gasteiger partial charge in [0.2, 0.25) is 28.8 Å². The highest BCUT2D eigenvalue weighted by atomic mass is 32.2. The Morgan fingerprint density at radius 1 is 0.789 bits per heavy atom. The van der Waals surface area contributed by atoms with E-state index in [1.165, 1.54) is 52.3 Å². The van der Waals surface area contributed by atoms with E-state index in [0.29, 0.717) is 17.6 Å². The number of nitrogens with zero attached hydrogens (tertiary/aromatic N) is 4. The van der Waals surface area contributed by atoms with Gasteiger partial charge in [-0.1, -0.05) is 13.8 Å². The number of carbonyl (C=O) groups is 1. The van der Waals surface area contributed by atoms with Gasteiger partial charge in [-0.15, -0.1) is 35.3 Å². The van der Waals surface area contributed by atoms with E-state index in [1.807, 2.05) is 13.8 Å². The Kier molecular flexibility index (Phi) is 19.3. The minimum absolute atomic E-state index is 0.0841. The van der Waals surface area contributed by atoms with Gasteiger partial charge in [-0.2, -0.15) is 4.98 Å². The molecule has 3 aliphatic heterocycles. The molecule has 0 bridgehead atoms. The molecule has 3 saturated heterocycles. The number of H-pyrrole nitrogens is 2. The van der Waals surface area contributed by atoms with Crippen LogP contribution >= 0.6 is 35.3 Å². The molecule has 3 aliphatic rings. The topological polar surface area (TPSA) is 228 Å². The standard InChI is InChI=1S/C10H20N2O2Si2.C9H12N2O3S.C8H10N2O4S.C7H12O3S/c1-15(2,3)13-9-7-8-11-10(12-9)14-16(4,5)6;1-2-8-14-7(5-15-8)11-4-3-6(12)10-9(11)13;11-3-7-14-6(4-15-7)10-2-1-5(12)9-8(10)13;1-3-7-10-6(4-11-7)9-5(2)8/h7-8H,1-6H3;3-4,7-8H,2,5H2,1H3,(H,10,12,13);1-2,6-7,11H,3-4H2,(H,9,12,13);6-7H,3-4H2,1-2H3/t;7-,8+;6-,7+;6?,7-/m.110/s1. The molecule has 0 spiro atoms. The first-order chi connectivity index (χ1) is 26.8. The fourth-order valence-electron chi connectivity index (χ4n) is 4.71. The monoisotopic (exact) mass is 890 g/mol. The van der Waals surface area contributed by atoms with Crippen molar-refractivity contribution in [2.24, 2.45) is 0 Å². The molecule has 6 rings (SSSR count). The number of aromatic amines is 2. The number of thioether (sulfide) groups is 3. The van der Waals surface area contributed by atoms with Gasteiger partial charge in [-0.05, 0) is 52.1 Å². The Labute approximate surface area is 345 Å². The molecule has 3 aromatic heterocycles. The van der Waals surface area contributed by atoms with Crippen LogP contribution in [0.2, 0.25) is 39.3 Å². The molecule has 57 heavy (non-hydrogen) atoms. The van der Waals surface area contributed by atoms with Crippen LogP contribution in [0, 0.1) is 0 Å². The van der Waals surface area contributed by atoms with Crippen LogP contribution in [0.3, 0.4) is 0 Å². The third-order valence-corrected chi connectivity index (χ3v) is 12.3. The van der Waals surface area contributed by atoms with Crippen LogP contribution in [0.5, 0.6) is 11.9 Å². The van der Waals surface area contributed by atoms with Crippen molar-refractivity contribution in [1.29, 1.82) is 0 Å². The highest BCUT2D eigenvalue weighted by Gasteiger charge is 2.28. The number of aromatic nitrogens is 6. The van der Waals surface area contributed by atoms with Crippen molar-refractivity contribution >= 4 is 57.9 Å². The van der Waals surface area contributed by atoms with E-state index in [-0.39, 0.29) is 47.0 Å². The average Bonchev–Trinajstić information content (AvgIpc) is 3.89. The molecule has 6 heterocycles. The van der Waals surface area contributed by atoms with Gasteiger partial charge in [-0.25, -0.2) is 14.6 Å². The number of nitrogens with one attached hydrogen (secondary N) is 2. The second-order valence-corrected chi connectivity index (χ2v) is 26.7. The molecule has 0 aliphatic carbocycles. The molecule has 0 amide bonds. The van der Waals surface area contributed by atoms with Crippen molar-refractivity contribution in [3.05, 3.63) is 78.5 Å². The van der Waals surface area contributed by atoms with E-state index in [1.54, 1.807) is 35.8 Å². The summed E-state index contributed by atoms with van der Waals surface area (Å²) in [6.07, 6.45) is 5.43. The number of aliphatic hydroxyl groups excluding tert-OH is 1. The summed E-state index contributed by atoms with van der Waals surface area (Å²) in [4.78, 5) is 67.7. The van der Waals surface area contributed by atoms with E-state index in [9.17, 15) is 24.0 Å². The quantitative estimate of drug-likeness (QED) is 0.194. The number of esters is 1. The average molecular weight is 891 g/mol. The zero-order valence-electron chi connectivity index (χ0n) is 33.6. The van der Waals surface area contributed by atoms with Crippen LogP contribution in [0.15, 0.2) is 56.0 Å². The maximum atomic E-state index is 11.4. The molecule has 3 aromatic rings. The highest BCUT2D eigenvalue weighted by Crippen LogP contribution is 2.32. The zero-order chi connectivity index (χ0) is 42.3. The molecule has 6 atom stereocenters. The first-order valence-electron chi connectivity index (χ1n) is 18.2. The Bertz CT molecular complexity index is 1840. The van der Waals surface area contributed by atoms with E-state index in [0.717, 1.165) is 24.3 Å².